The van der Waals surface area contributed by atoms with Crippen LogP contribution in [-0.2, 0) is 16.0 Å². The van der Waals surface area contributed by atoms with Gasteiger partial charge in [0.25, 0.3) is 0 Å². The van der Waals surface area contributed by atoms with Gasteiger partial charge in [-0.2, -0.15) is 0 Å². The largest absolute Gasteiger partial charge is 0.493 e. The first-order valence-electron chi connectivity index (χ1n) is 12.1. The summed E-state index contributed by atoms with van der Waals surface area (Å²) in [7, 11) is 0. The molecule has 1 aromatic carbocycles. The predicted molar refractivity (Wildman–Crippen MR) is 139 cm³/mol. The molecule has 1 aliphatic heterocycles. The summed E-state index contributed by atoms with van der Waals surface area (Å²) < 4.78 is 11.5. The first-order valence-corrected chi connectivity index (χ1v) is 12.9. The van der Waals surface area contributed by atoms with Crippen molar-refractivity contribution in [3.05, 3.63) is 71.5 Å². The number of carbonyl (C=O) groups is 1. The number of aliphatic hydroxyl groups excluding tert-OH is 2. The summed E-state index contributed by atoms with van der Waals surface area (Å²) in [6, 6.07) is 5.84. The maximum Gasteiger partial charge on any atom is 0.220 e. The van der Waals surface area contributed by atoms with Crippen LogP contribution in [0.4, 0.5) is 0 Å². The lowest BCUT2D eigenvalue weighted by molar-refractivity contribution is -0.106. The zero-order valence-electron chi connectivity index (χ0n) is 20.2. The van der Waals surface area contributed by atoms with Gasteiger partial charge in [-0.3, -0.25) is 4.79 Å². The van der Waals surface area contributed by atoms with Crippen LogP contribution >= 0.6 is 11.8 Å². The second-order valence-electron chi connectivity index (χ2n) is 8.87. The van der Waals surface area contributed by atoms with E-state index in [1.165, 1.54) is 11.8 Å². The van der Waals surface area contributed by atoms with Gasteiger partial charge in [-0.25, -0.2) is 0 Å². The van der Waals surface area contributed by atoms with Crippen LogP contribution in [0.5, 0.6) is 5.75 Å². The van der Waals surface area contributed by atoms with Gasteiger partial charge in [-0.05, 0) is 68.0 Å². The minimum absolute atomic E-state index is 0.0111. The molecule has 6 heteroatoms. The van der Waals surface area contributed by atoms with Crippen molar-refractivity contribution in [2.45, 2.75) is 57.3 Å². The highest BCUT2D eigenvalue weighted by molar-refractivity contribution is 8.15. The van der Waals surface area contributed by atoms with E-state index < -0.39 is 6.10 Å². The fraction of sp³-hybridized carbons (Fsp3) is 0.464. The fourth-order valence-electron chi connectivity index (χ4n) is 4.04. The molecule has 0 saturated carbocycles. The Kier molecular flexibility index (Phi) is 10.1. The second kappa shape index (κ2) is 13.0. The van der Waals surface area contributed by atoms with Gasteiger partial charge < -0.3 is 19.7 Å². The van der Waals surface area contributed by atoms with E-state index in [9.17, 15) is 9.90 Å². The van der Waals surface area contributed by atoms with E-state index in [0.717, 1.165) is 47.3 Å². The van der Waals surface area contributed by atoms with Crippen LogP contribution in [0.25, 0.3) is 5.57 Å². The Hall–Kier alpha value is -2.28. The Morgan fingerprint density at radius 3 is 2.79 bits per heavy atom. The van der Waals surface area contributed by atoms with Gasteiger partial charge in [-0.1, -0.05) is 42.5 Å². The van der Waals surface area contributed by atoms with Crippen molar-refractivity contribution < 1.29 is 24.5 Å². The maximum absolute atomic E-state index is 13.1. The third-order valence-corrected chi connectivity index (χ3v) is 7.07. The third kappa shape index (κ3) is 7.36. The van der Waals surface area contributed by atoms with Gasteiger partial charge in [0.2, 0.25) is 5.12 Å². The summed E-state index contributed by atoms with van der Waals surface area (Å²) in [5.74, 6) is 1.57. The van der Waals surface area contributed by atoms with Crippen LogP contribution in [0.2, 0.25) is 0 Å². The van der Waals surface area contributed by atoms with Crippen LogP contribution in [-0.4, -0.2) is 46.5 Å². The Balaban J connectivity index is 1.64. The van der Waals surface area contributed by atoms with Gasteiger partial charge in [0.15, 0.2) is 0 Å². The molecule has 1 aliphatic carbocycles. The molecule has 3 atom stereocenters. The SMILES string of the molecule is C=C(C)CCCC(O)COC1=CC2SC(=O)C(c3ccc(OCCCO)cc3CC)=CC2C=C1. The zero-order valence-corrected chi connectivity index (χ0v) is 21.0. The molecule has 1 heterocycles. The summed E-state index contributed by atoms with van der Waals surface area (Å²) in [5.41, 5.74) is 3.88. The van der Waals surface area contributed by atoms with Crippen molar-refractivity contribution >= 4 is 22.5 Å². The average Bonchev–Trinajstić information content (AvgIpc) is 2.82. The van der Waals surface area contributed by atoms with E-state index in [1.54, 1.807) is 0 Å². The lowest BCUT2D eigenvalue weighted by Gasteiger charge is -2.28. The minimum atomic E-state index is -0.512. The Bertz CT molecular complexity index is 962. The van der Waals surface area contributed by atoms with Crippen molar-refractivity contribution in [1.82, 2.24) is 0 Å². The summed E-state index contributed by atoms with van der Waals surface area (Å²) in [5, 5.41) is 19.1. The van der Waals surface area contributed by atoms with E-state index in [4.69, 9.17) is 14.6 Å². The third-order valence-electron chi connectivity index (χ3n) is 5.92. The number of fused-ring (bicyclic) bond motifs is 1. The number of allylic oxidation sites excluding steroid dienone is 4. The predicted octanol–water partition coefficient (Wildman–Crippen LogP) is 5.23. The maximum atomic E-state index is 13.1. The van der Waals surface area contributed by atoms with E-state index in [0.29, 0.717) is 25.2 Å². The topological polar surface area (TPSA) is 76.0 Å². The van der Waals surface area contributed by atoms with Crippen LogP contribution in [0.3, 0.4) is 0 Å². The second-order valence-corrected chi connectivity index (χ2v) is 10.0. The van der Waals surface area contributed by atoms with Crippen molar-refractivity contribution in [3.8, 4) is 5.75 Å². The highest BCUT2D eigenvalue weighted by atomic mass is 32.2. The molecule has 0 saturated heterocycles. The number of aryl methyl sites for hydroxylation is 1. The minimum Gasteiger partial charge on any atom is -0.493 e. The normalized spacial score (nSPS) is 20.3. The molecule has 0 bridgehead atoms. The molecule has 0 amide bonds. The van der Waals surface area contributed by atoms with E-state index in [1.807, 2.05) is 37.3 Å². The highest BCUT2D eigenvalue weighted by Crippen LogP contribution is 2.40. The smallest absolute Gasteiger partial charge is 0.220 e. The Morgan fingerprint density at radius 1 is 1.24 bits per heavy atom. The van der Waals surface area contributed by atoms with Gasteiger partial charge in [0.05, 0.1) is 12.7 Å². The number of ether oxygens (including phenoxy) is 2. The van der Waals surface area contributed by atoms with E-state index in [2.05, 4.69) is 25.7 Å². The van der Waals surface area contributed by atoms with Crippen LogP contribution < -0.4 is 4.74 Å². The molecule has 184 valence electrons. The molecule has 0 spiro atoms. The van der Waals surface area contributed by atoms with Gasteiger partial charge >= 0.3 is 0 Å². The van der Waals surface area contributed by atoms with Crippen LogP contribution in [0.15, 0.2) is 60.4 Å². The Morgan fingerprint density at radius 2 is 2.06 bits per heavy atom. The summed E-state index contributed by atoms with van der Waals surface area (Å²) >= 11 is 1.32. The monoisotopic (exact) mass is 484 g/mol. The summed E-state index contributed by atoms with van der Waals surface area (Å²) in [4.78, 5) is 13.1. The zero-order chi connectivity index (χ0) is 24.5. The fourth-order valence-corrected chi connectivity index (χ4v) is 5.12. The number of thioether (sulfide) groups is 1. The molecular weight excluding hydrogens is 448 g/mol. The van der Waals surface area contributed by atoms with Crippen molar-refractivity contribution in [1.29, 1.82) is 0 Å². The van der Waals surface area contributed by atoms with Crippen molar-refractivity contribution in [3.63, 3.8) is 0 Å². The van der Waals surface area contributed by atoms with E-state index in [-0.39, 0.29) is 29.5 Å². The number of rotatable bonds is 13. The molecular formula is C28H36O5S. The molecule has 2 aliphatic rings. The molecule has 3 rings (SSSR count). The van der Waals surface area contributed by atoms with Crippen molar-refractivity contribution in [2.75, 3.05) is 19.8 Å². The molecule has 2 N–H and O–H groups in total. The van der Waals surface area contributed by atoms with Crippen molar-refractivity contribution in [2.24, 2.45) is 5.92 Å². The number of carbonyl (C=O) groups excluding carboxylic acids is 1. The number of hydrogen-bond donors (Lipinski definition) is 2. The first kappa shape index (κ1) is 26.3. The van der Waals surface area contributed by atoms with Gasteiger partial charge in [-0.15, -0.1) is 6.58 Å². The highest BCUT2D eigenvalue weighted by Gasteiger charge is 2.31. The number of hydrogen-bond acceptors (Lipinski definition) is 6. The number of aliphatic hydroxyl groups is 2. The lowest BCUT2D eigenvalue weighted by atomic mass is 9.91. The van der Waals surface area contributed by atoms with Crippen LogP contribution in [0.1, 0.15) is 50.7 Å². The molecule has 1 aromatic rings. The molecule has 0 aromatic heterocycles. The van der Waals surface area contributed by atoms with E-state index >= 15 is 0 Å². The lowest BCUT2D eigenvalue weighted by Crippen LogP contribution is -2.24. The first-order chi connectivity index (χ1) is 16.4. The quantitative estimate of drug-likeness (QED) is 0.295. The standard InChI is InChI=1S/C28H36O5S/c1-4-20-15-23(32-14-6-13-29)11-12-25(20)26-16-21-9-10-24(17-27(21)34-28(26)31)33-18-22(30)8-5-7-19(2)3/h9-12,15-17,21-22,27,29-30H,2,4-8,13-14,18H2,1,3H3. The molecule has 0 fully saturated rings. The van der Waals surface area contributed by atoms with Crippen LogP contribution in [0, 0.1) is 5.92 Å². The molecule has 3 unspecified atom stereocenters. The van der Waals surface area contributed by atoms with Gasteiger partial charge in [0, 0.05) is 29.8 Å². The molecule has 0 radical (unpaired) electrons. The average molecular weight is 485 g/mol. The summed E-state index contributed by atoms with van der Waals surface area (Å²) in [6.07, 6.45) is 11.4. The Labute approximate surface area is 207 Å². The molecule has 5 nitrogen and oxygen atoms in total. The van der Waals surface area contributed by atoms with Gasteiger partial charge in [0.1, 0.15) is 18.1 Å². The molecule has 34 heavy (non-hydrogen) atoms. The summed E-state index contributed by atoms with van der Waals surface area (Å²) in [6.45, 7) is 8.77. The number of benzene rings is 1.